The van der Waals surface area contributed by atoms with Crippen molar-refractivity contribution in [2.75, 3.05) is 33.3 Å². The number of fused-ring (bicyclic) bond motifs is 1. The van der Waals surface area contributed by atoms with Gasteiger partial charge in [0.2, 0.25) is 0 Å². The Morgan fingerprint density at radius 1 is 1.26 bits per heavy atom. The van der Waals surface area contributed by atoms with E-state index < -0.39 is 6.61 Å². The van der Waals surface area contributed by atoms with Crippen LogP contribution >= 0.6 is 12.4 Å². The van der Waals surface area contributed by atoms with Crippen molar-refractivity contribution in [3.63, 3.8) is 0 Å². The van der Waals surface area contributed by atoms with E-state index >= 15 is 0 Å². The minimum Gasteiger partial charge on any atom is -0.493 e. The molecular weight excluding hydrogens is 326 g/mol. The number of nitrogens with zero attached hydrogens (tertiary/aromatic N) is 1. The summed E-state index contributed by atoms with van der Waals surface area (Å²) in [5.41, 5.74) is 0.973. The van der Waals surface area contributed by atoms with Gasteiger partial charge in [0.1, 0.15) is 0 Å². The van der Waals surface area contributed by atoms with Gasteiger partial charge >= 0.3 is 6.61 Å². The number of ether oxygens (including phenoxy) is 2. The third-order valence-electron chi connectivity index (χ3n) is 4.64. The summed E-state index contributed by atoms with van der Waals surface area (Å²) in [7, 11) is 1.45. The van der Waals surface area contributed by atoms with Crippen molar-refractivity contribution in [2.45, 2.75) is 19.6 Å². The number of likely N-dealkylation sites (tertiary alicyclic amines) is 1. The predicted octanol–water partition coefficient (Wildman–Crippen LogP) is 2.76. The Morgan fingerprint density at radius 3 is 2.78 bits per heavy atom. The van der Waals surface area contributed by atoms with E-state index in [-0.39, 0.29) is 18.2 Å². The Labute approximate surface area is 141 Å². The first-order valence-corrected chi connectivity index (χ1v) is 7.70. The molecule has 130 valence electrons. The van der Waals surface area contributed by atoms with Gasteiger partial charge in [-0.3, -0.25) is 4.90 Å². The number of nitrogens with one attached hydrogen (secondary N) is 1. The zero-order chi connectivity index (χ0) is 15.5. The summed E-state index contributed by atoms with van der Waals surface area (Å²) in [6, 6.07) is 5.26. The molecule has 4 nitrogen and oxygen atoms in total. The van der Waals surface area contributed by atoms with Crippen molar-refractivity contribution >= 4 is 12.4 Å². The molecule has 2 heterocycles. The maximum atomic E-state index is 12.5. The molecule has 23 heavy (non-hydrogen) atoms. The number of hydrogen-bond donors (Lipinski definition) is 1. The third-order valence-corrected chi connectivity index (χ3v) is 4.64. The Bertz CT molecular complexity index is 519. The molecule has 0 bridgehead atoms. The molecule has 0 aromatic heterocycles. The van der Waals surface area contributed by atoms with Crippen LogP contribution in [-0.2, 0) is 6.54 Å². The standard InChI is InChI=1S/C16H22F2N2O2.ClH/c1-21-14-3-2-11(6-15(14)22-16(17)18)9-20-5-4-12-7-19-8-13(12)10-20;/h2-3,6,12-13,16,19H,4-5,7-10H2,1H3;1H. The lowest BCUT2D eigenvalue weighted by atomic mass is 9.88. The fourth-order valence-electron chi connectivity index (χ4n) is 3.52. The van der Waals surface area contributed by atoms with Gasteiger partial charge in [0.05, 0.1) is 7.11 Å². The molecule has 2 aliphatic rings. The van der Waals surface area contributed by atoms with Crippen LogP contribution in [0.2, 0.25) is 0 Å². The number of rotatable bonds is 5. The molecule has 1 N–H and O–H groups in total. The van der Waals surface area contributed by atoms with Crippen LogP contribution in [0.1, 0.15) is 12.0 Å². The van der Waals surface area contributed by atoms with Gasteiger partial charge in [0.25, 0.3) is 0 Å². The first kappa shape index (κ1) is 18.2. The van der Waals surface area contributed by atoms with Gasteiger partial charge in [-0.15, -0.1) is 12.4 Å². The Balaban J connectivity index is 0.00000192. The topological polar surface area (TPSA) is 33.7 Å². The van der Waals surface area contributed by atoms with Crippen LogP contribution in [0.3, 0.4) is 0 Å². The fraction of sp³-hybridized carbons (Fsp3) is 0.625. The summed E-state index contributed by atoms with van der Waals surface area (Å²) in [6.45, 7) is 2.25. The molecule has 0 amide bonds. The van der Waals surface area contributed by atoms with Crippen LogP contribution in [0, 0.1) is 11.8 Å². The molecule has 0 radical (unpaired) electrons. The van der Waals surface area contributed by atoms with E-state index in [1.807, 2.05) is 6.07 Å². The van der Waals surface area contributed by atoms with Gasteiger partial charge in [-0.05, 0) is 55.6 Å². The van der Waals surface area contributed by atoms with E-state index in [1.165, 1.54) is 13.5 Å². The van der Waals surface area contributed by atoms with E-state index in [0.717, 1.165) is 44.2 Å². The summed E-state index contributed by atoms with van der Waals surface area (Å²) >= 11 is 0. The monoisotopic (exact) mass is 348 g/mol. The highest BCUT2D eigenvalue weighted by atomic mass is 35.5. The number of methoxy groups -OCH3 is 1. The Kier molecular flexibility index (Phi) is 6.44. The SMILES string of the molecule is COc1ccc(CN2CCC3CNCC3C2)cc1OC(F)F.Cl. The van der Waals surface area contributed by atoms with Crippen molar-refractivity contribution in [3.05, 3.63) is 23.8 Å². The Morgan fingerprint density at radius 2 is 2.04 bits per heavy atom. The third kappa shape index (κ3) is 4.46. The lowest BCUT2D eigenvalue weighted by molar-refractivity contribution is -0.0512. The molecule has 1 aromatic rings. The summed E-state index contributed by atoms with van der Waals surface area (Å²) in [5.74, 6) is 1.95. The second-order valence-electron chi connectivity index (χ2n) is 6.07. The van der Waals surface area contributed by atoms with Gasteiger partial charge in [0.15, 0.2) is 11.5 Å². The van der Waals surface area contributed by atoms with Crippen molar-refractivity contribution < 1.29 is 18.3 Å². The largest absolute Gasteiger partial charge is 0.493 e. The smallest absolute Gasteiger partial charge is 0.387 e. The molecule has 2 fully saturated rings. The van der Waals surface area contributed by atoms with Crippen LogP contribution < -0.4 is 14.8 Å². The maximum Gasteiger partial charge on any atom is 0.387 e. The maximum absolute atomic E-state index is 12.5. The molecule has 7 heteroatoms. The average molecular weight is 349 g/mol. The molecule has 3 rings (SSSR count). The highest BCUT2D eigenvalue weighted by molar-refractivity contribution is 5.85. The van der Waals surface area contributed by atoms with Crippen molar-refractivity contribution in [3.8, 4) is 11.5 Å². The quantitative estimate of drug-likeness (QED) is 0.887. The summed E-state index contributed by atoms with van der Waals surface area (Å²) < 4.78 is 34.6. The first-order valence-electron chi connectivity index (χ1n) is 7.70. The van der Waals surface area contributed by atoms with Crippen molar-refractivity contribution in [1.82, 2.24) is 10.2 Å². The van der Waals surface area contributed by atoms with E-state index in [4.69, 9.17) is 4.74 Å². The van der Waals surface area contributed by atoms with Crippen LogP contribution in [0.25, 0.3) is 0 Å². The molecule has 2 atom stereocenters. The lowest BCUT2D eigenvalue weighted by Gasteiger charge is -2.34. The lowest BCUT2D eigenvalue weighted by Crippen LogP contribution is -2.39. The Hall–Kier alpha value is -1.11. The number of halogens is 3. The predicted molar refractivity (Wildman–Crippen MR) is 86.6 cm³/mol. The van der Waals surface area contributed by atoms with Crippen LogP contribution in [0.4, 0.5) is 8.78 Å². The number of hydrogen-bond acceptors (Lipinski definition) is 4. The van der Waals surface area contributed by atoms with Gasteiger partial charge in [-0.2, -0.15) is 8.78 Å². The van der Waals surface area contributed by atoms with E-state index in [1.54, 1.807) is 12.1 Å². The van der Waals surface area contributed by atoms with Crippen molar-refractivity contribution in [2.24, 2.45) is 11.8 Å². The minimum absolute atomic E-state index is 0. The van der Waals surface area contributed by atoms with E-state index in [9.17, 15) is 8.78 Å². The summed E-state index contributed by atoms with van der Waals surface area (Å²) in [4.78, 5) is 2.39. The summed E-state index contributed by atoms with van der Waals surface area (Å²) in [5, 5.41) is 3.45. The normalized spacial score (nSPS) is 24.2. The molecule has 2 aliphatic heterocycles. The van der Waals surface area contributed by atoms with Crippen molar-refractivity contribution in [1.29, 1.82) is 0 Å². The number of benzene rings is 1. The van der Waals surface area contributed by atoms with Gasteiger partial charge < -0.3 is 14.8 Å². The molecule has 2 saturated heterocycles. The second kappa shape index (κ2) is 8.13. The van der Waals surface area contributed by atoms with E-state index in [2.05, 4.69) is 15.0 Å². The first-order chi connectivity index (χ1) is 10.7. The number of alkyl halides is 2. The van der Waals surface area contributed by atoms with Crippen LogP contribution in [-0.4, -0.2) is 44.8 Å². The molecule has 2 unspecified atom stereocenters. The van der Waals surface area contributed by atoms with Gasteiger partial charge in [-0.25, -0.2) is 0 Å². The molecule has 0 spiro atoms. The molecule has 1 aromatic carbocycles. The molecule has 0 aliphatic carbocycles. The highest BCUT2D eigenvalue weighted by Gasteiger charge is 2.32. The average Bonchev–Trinajstić information content (AvgIpc) is 2.94. The van der Waals surface area contributed by atoms with Gasteiger partial charge in [-0.1, -0.05) is 6.07 Å². The number of piperidine rings is 1. The zero-order valence-electron chi connectivity index (χ0n) is 13.1. The van der Waals surface area contributed by atoms with E-state index in [0.29, 0.717) is 11.7 Å². The van der Waals surface area contributed by atoms with Crippen LogP contribution in [0.15, 0.2) is 18.2 Å². The van der Waals surface area contributed by atoms with Gasteiger partial charge in [0, 0.05) is 13.1 Å². The molecule has 0 saturated carbocycles. The fourth-order valence-corrected chi connectivity index (χ4v) is 3.52. The van der Waals surface area contributed by atoms with Crippen LogP contribution in [0.5, 0.6) is 11.5 Å². The highest BCUT2D eigenvalue weighted by Crippen LogP contribution is 2.31. The minimum atomic E-state index is -2.84. The second-order valence-corrected chi connectivity index (χ2v) is 6.07. The molecular formula is C16H23ClF2N2O2. The zero-order valence-corrected chi connectivity index (χ0v) is 14.0. The summed E-state index contributed by atoms with van der Waals surface area (Å²) in [6.07, 6.45) is 1.20.